The zero-order valence-electron chi connectivity index (χ0n) is 10.1. The zero-order chi connectivity index (χ0) is 10.9. The van der Waals surface area contributed by atoms with Gasteiger partial charge in [0.25, 0.3) is 0 Å². The van der Waals surface area contributed by atoms with Crippen molar-refractivity contribution in [1.82, 2.24) is 5.32 Å². The number of hydrogen-bond acceptors (Lipinski definition) is 2. The second-order valence-corrected chi connectivity index (χ2v) is 4.76. The van der Waals surface area contributed by atoms with Crippen molar-refractivity contribution < 1.29 is 5.11 Å². The molecule has 0 radical (unpaired) electrons. The Balaban J connectivity index is 2.99. The van der Waals surface area contributed by atoms with Crippen LogP contribution in [-0.4, -0.2) is 23.8 Å². The summed E-state index contributed by atoms with van der Waals surface area (Å²) >= 11 is 0. The van der Waals surface area contributed by atoms with E-state index in [0.29, 0.717) is 6.54 Å². The van der Waals surface area contributed by atoms with E-state index in [9.17, 15) is 5.11 Å². The van der Waals surface area contributed by atoms with E-state index in [1.165, 1.54) is 38.5 Å². The molecule has 0 aromatic rings. The first-order valence-electron chi connectivity index (χ1n) is 5.99. The van der Waals surface area contributed by atoms with E-state index in [1.807, 2.05) is 13.8 Å². The molecule has 0 fully saturated rings. The molecule has 0 heterocycles. The van der Waals surface area contributed by atoms with Gasteiger partial charge in [-0.1, -0.05) is 39.0 Å². The van der Waals surface area contributed by atoms with E-state index in [4.69, 9.17) is 0 Å². The van der Waals surface area contributed by atoms with Crippen molar-refractivity contribution in [2.24, 2.45) is 0 Å². The van der Waals surface area contributed by atoms with Gasteiger partial charge in [0, 0.05) is 6.54 Å². The Hall–Kier alpha value is -0.0800. The van der Waals surface area contributed by atoms with Crippen LogP contribution in [0, 0.1) is 0 Å². The SMILES string of the molecule is CCCCCCCCNCC(C)(C)O. The summed E-state index contributed by atoms with van der Waals surface area (Å²) in [5, 5.41) is 12.7. The van der Waals surface area contributed by atoms with Crippen LogP contribution in [-0.2, 0) is 0 Å². The minimum absolute atomic E-state index is 0.567. The summed E-state index contributed by atoms with van der Waals surface area (Å²) in [5.74, 6) is 0. The smallest absolute Gasteiger partial charge is 0.0715 e. The molecule has 0 atom stereocenters. The maximum atomic E-state index is 9.43. The summed E-state index contributed by atoms with van der Waals surface area (Å²) in [4.78, 5) is 0. The third-order valence-corrected chi connectivity index (χ3v) is 2.26. The standard InChI is InChI=1S/C12H27NO/c1-4-5-6-7-8-9-10-13-11-12(2,3)14/h13-14H,4-11H2,1-3H3. The maximum absolute atomic E-state index is 9.43. The molecule has 2 N–H and O–H groups in total. The van der Waals surface area contributed by atoms with Crippen LogP contribution in [0.5, 0.6) is 0 Å². The van der Waals surface area contributed by atoms with Crippen molar-refractivity contribution >= 4 is 0 Å². The van der Waals surface area contributed by atoms with Gasteiger partial charge in [-0.15, -0.1) is 0 Å². The van der Waals surface area contributed by atoms with Crippen molar-refractivity contribution in [2.45, 2.75) is 64.9 Å². The first-order valence-corrected chi connectivity index (χ1v) is 5.99. The first kappa shape index (κ1) is 13.9. The van der Waals surface area contributed by atoms with E-state index >= 15 is 0 Å². The molecule has 0 aliphatic rings. The summed E-state index contributed by atoms with van der Waals surface area (Å²) in [7, 11) is 0. The van der Waals surface area contributed by atoms with Gasteiger partial charge in [-0.2, -0.15) is 0 Å². The molecule has 0 saturated carbocycles. The van der Waals surface area contributed by atoms with Gasteiger partial charge in [-0.25, -0.2) is 0 Å². The van der Waals surface area contributed by atoms with Gasteiger partial charge in [0.1, 0.15) is 0 Å². The van der Waals surface area contributed by atoms with E-state index in [2.05, 4.69) is 12.2 Å². The highest BCUT2D eigenvalue weighted by molar-refractivity contribution is 4.67. The van der Waals surface area contributed by atoms with Crippen molar-refractivity contribution in [3.05, 3.63) is 0 Å². The second-order valence-electron chi connectivity index (χ2n) is 4.76. The Kier molecular flexibility index (Phi) is 8.20. The number of aliphatic hydroxyl groups is 1. The van der Waals surface area contributed by atoms with Gasteiger partial charge in [-0.05, 0) is 26.8 Å². The summed E-state index contributed by atoms with van der Waals surface area (Å²) in [5.41, 5.74) is -0.567. The third-order valence-electron chi connectivity index (χ3n) is 2.26. The summed E-state index contributed by atoms with van der Waals surface area (Å²) in [6.07, 6.45) is 7.98. The lowest BCUT2D eigenvalue weighted by atomic mass is 10.1. The lowest BCUT2D eigenvalue weighted by Crippen LogP contribution is -2.35. The molecular formula is C12H27NO. The molecule has 86 valence electrons. The Bertz CT molecular complexity index is 118. The van der Waals surface area contributed by atoms with Crippen LogP contribution in [0.15, 0.2) is 0 Å². The minimum atomic E-state index is -0.567. The van der Waals surface area contributed by atoms with E-state index in [1.54, 1.807) is 0 Å². The quantitative estimate of drug-likeness (QED) is 0.562. The Labute approximate surface area is 89.1 Å². The molecule has 0 bridgehead atoms. The Morgan fingerprint density at radius 1 is 1.00 bits per heavy atom. The number of hydrogen-bond donors (Lipinski definition) is 2. The van der Waals surface area contributed by atoms with Crippen LogP contribution in [0.4, 0.5) is 0 Å². The fourth-order valence-electron chi connectivity index (χ4n) is 1.42. The normalized spacial score (nSPS) is 12.0. The molecule has 2 heteroatoms. The lowest BCUT2D eigenvalue weighted by Gasteiger charge is -2.17. The number of unbranched alkanes of at least 4 members (excludes halogenated alkanes) is 5. The van der Waals surface area contributed by atoms with Crippen LogP contribution < -0.4 is 5.32 Å². The van der Waals surface area contributed by atoms with Gasteiger partial charge in [0.15, 0.2) is 0 Å². The van der Waals surface area contributed by atoms with Crippen LogP contribution in [0.3, 0.4) is 0 Å². The molecule has 2 nitrogen and oxygen atoms in total. The van der Waals surface area contributed by atoms with E-state index in [-0.39, 0.29) is 0 Å². The Morgan fingerprint density at radius 3 is 2.14 bits per heavy atom. The van der Waals surface area contributed by atoms with Gasteiger partial charge in [-0.3, -0.25) is 0 Å². The summed E-state index contributed by atoms with van der Waals surface area (Å²) in [6.45, 7) is 7.64. The third kappa shape index (κ3) is 11.9. The molecule has 14 heavy (non-hydrogen) atoms. The van der Waals surface area contributed by atoms with Gasteiger partial charge in [0.05, 0.1) is 5.60 Å². The van der Waals surface area contributed by atoms with Crippen molar-refractivity contribution in [3.8, 4) is 0 Å². The topological polar surface area (TPSA) is 32.3 Å². The van der Waals surface area contributed by atoms with Crippen LogP contribution in [0.25, 0.3) is 0 Å². The fourth-order valence-corrected chi connectivity index (χ4v) is 1.42. The highest BCUT2D eigenvalue weighted by Crippen LogP contribution is 2.04. The van der Waals surface area contributed by atoms with Crippen LogP contribution in [0.2, 0.25) is 0 Å². The summed E-state index contributed by atoms with van der Waals surface area (Å²) in [6, 6.07) is 0. The van der Waals surface area contributed by atoms with Crippen LogP contribution in [0.1, 0.15) is 59.3 Å². The molecule has 0 aliphatic heterocycles. The average Bonchev–Trinajstić information content (AvgIpc) is 2.08. The average molecular weight is 201 g/mol. The molecule has 0 saturated heterocycles. The lowest BCUT2D eigenvalue weighted by molar-refractivity contribution is 0.0799. The first-order chi connectivity index (χ1) is 6.56. The van der Waals surface area contributed by atoms with E-state index < -0.39 is 5.60 Å². The van der Waals surface area contributed by atoms with Crippen molar-refractivity contribution in [3.63, 3.8) is 0 Å². The molecule has 0 rings (SSSR count). The predicted molar refractivity (Wildman–Crippen MR) is 62.5 cm³/mol. The highest BCUT2D eigenvalue weighted by atomic mass is 16.3. The van der Waals surface area contributed by atoms with Gasteiger partial charge >= 0.3 is 0 Å². The van der Waals surface area contributed by atoms with Crippen LogP contribution >= 0.6 is 0 Å². The zero-order valence-corrected chi connectivity index (χ0v) is 10.1. The molecule has 0 spiro atoms. The maximum Gasteiger partial charge on any atom is 0.0715 e. The summed E-state index contributed by atoms with van der Waals surface area (Å²) < 4.78 is 0. The minimum Gasteiger partial charge on any atom is -0.389 e. The Morgan fingerprint density at radius 2 is 1.57 bits per heavy atom. The highest BCUT2D eigenvalue weighted by Gasteiger charge is 2.10. The molecular weight excluding hydrogens is 174 g/mol. The van der Waals surface area contributed by atoms with Gasteiger partial charge in [0.2, 0.25) is 0 Å². The molecule has 0 aromatic carbocycles. The van der Waals surface area contributed by atoms with Gasteiger partial charge < -0.3 is 10.4 Å². The number of rotatable bonds is 9. The molecule has 0 aromatic heterocycles. The number of nitrogens with one attached hydrogen (secondary N) is 1. The van der Waals surface area contributed by atoms with Crippen molar-refractivity contribution in [2.75, 3.05) is 13.1 Å². The fraction of sp³-hybridized carbons (Fsp3) is 1.00. The molecule has 0 amide bonds. The second kappa shape index (κ2) is 8.25. The van der Waals surface area contributed by atoms with Crippen molar-refractivity contribution in [1.29, 1.82) is 0 Å². The largest absolute Gasteiger partial charge is 0.389 e. The predicted octanol–water partition coefficient (Wildman–Crippen LogP) is 2.71. The molecule has 0 unspecified atom stereocenters. The molecule has 0 aliphatic carbocycles. The van der Waals surface area contributed by atoms with E-state index in [0.717, 1.165) is 6.54 Å². The monoisotopic (exact) mass is 201 g/mol.